The monoisotopic (exact) mass is 296 g/mol. The van der Waals surface area contributed by atoms with Crippen molar-refractivity contribution in [2.45, 2.75) is 77.6 Å². The van der Waals surface area contributed by atoms with E-state index in [2.05, 4.69) is 24.1 Å². The smallest absolute Gasteiger partial charge is 0.00766 e. The highest BCUT2D eigenvalue weighted by atomic mass is 14.9. The summed E-state index contributed by atoms with van der Waals surface area (Å²) < 4.78 is 0. The number of hydrogen-bond donors (Lipinski definition) is 2. The average molecular weight is 297 g/mol. The Bertz CT molecular complexity index is 204. The van der Waals surface area contributed by atoms with Gasteiger partial charge in [0.1, 0.15) is 0 Å². The molecular formula is C19H40N2. The molecule has 0 amide bonds. The molecule has 0 spiro atoms. The van der Waals surface area contributed by atoms with Gasteiger partial charge in [-0.25, -0.2) is 0 Å². The Morgan fingerprint density at radius 3 is 2.10 bits per heavy atom. The van der Waals surface area contributed by atoms with Crippen molar-refractivity contribution in [1.82, 2.24) is 10.6 Å². The third-order valence-corrected chi connectivity index (χ3v) is 4.21. The van der Waals surface area contributed by atoms with Crippen molar-refractivity contribution in [2.24, 2.45) is 5.92 Å². The first-order valence-corrected chi connectivity index (χ1v) is 9.27. The van der Waals surface area contributed by atoms with Gasteiger partial charge in [0.15, 0.2) is 0 Å². The molecule has 0 saturated carbocycles. The second-order valence-electron chi connectivity index (χ2n) is 6.44. The van der Waals surface area contributed by atoms with Crippen LogP contribution in [-0.4, -0.2) is 26.7 Å². The summed E-state index contributed by atoms with van der Waals surface area (Å²) in [5.41, 5.74) is 0. The van der Waals surface area contributed by atoms with Gasteiger partial charge in [-0.05, 0) is 38.8 Å². The van der Waals surface area contributed by atoms with Gasteiger partial charge in [-0.3, -0.25) is 0 Å². The van der Waals surface area contributed by atoms with E-state index in [-0.39, 0.29) is 0 Å². The Balaban J connectivity index is 3.08. The van der Waals surface area contributed by atoms with Crippen LogP contribution in [0.1, 0.15) is 77.6 Å². The molecule has 0 aromatic rings. The zero-order valence-electron chi connectivity index (χ0n) is 14.8. The van der Waals surface area contributed by atoms with Gasteiger partial charge in [0.25, 0.3) is 0 Å². The molecular weight excluding hydrogens is 256 g/mol. The van der Waals surface area contributed by atoms with Gasteiger partial charge < -0.3 is 10.6 Å². The topological polar surface area (TPSA) is 24.1 Å². The van der Waals surface area contributed by atoms with E-state index in [0.717, 1.165) is 19.0 Å². The van der Waals surface area contributed by atoms with Crippen molar-refractivity contribution >= 4 is 0 Å². The van der Waals surface area contributed by atoms with Gasteiger partial charge in [-0.15, -0.1) is 6.58 Å². The predicted molar refractivity (Wildman–Crippen MR) is 96.9 cm³/mol. The van der Waals surface area contributed by atoms with Gasteiger partial charge in [0.2, 0.25) is 0 Å². The largest absolute Gasteiger partial charge is 0.318 e. The second-order valence-corrected chi connectivity index (χ2v) is 6.44. The maximum absolute atomic E-state index is 3.78. The Morgan fingerprint density at radius 1 is 0.810 bits per heavy atom. The molecule has 0 aromatic carbocycles. The standard InChI is InChI=1S/C19H40N2/c1-4-5-6-11-14-19(2)15-12-9-7-8-10-13-16-21-18-17-20-3/h4,19-21H,1,5-18H2,2-3H3. The molecule has 126 valence electrons. The lowest BCUT2D eigenvalue weighted by Gasteiger charge is -2.10. The van der Waals surface area contributed by atoms with Crippen molar-refractivity contribution in [3.63, 3.8) is 0 Å². The zero-order chi connectivity index (χ0) is 15.6. The predicted octanol–water partition coefficient (Wildman–Crippen LogP) is 4.91. The van der Waals surface area contributed by atoms with Gasteiger partial charge in [0, 0.05) is 13.1 Å². The lowest BCUT2D eigenvalue weighted by atomic mass is 9.96. The molecule has 21 heavy (non-hydrogen) atoms. The summed E-state index contributed by atoms with van der Waals surface area (Å²) in [7, 11) is 2.00. The van der Waals surface area contributed by atoms with Crippen molar-refractivity contribution in [2.75, 3.05) is 26.7 Å². The van der Waals surface area contributed by atoms with Crippen LogP contribution < -0.4 is 10.6 Å². The molecule has 2 heteroatoms. The molecule has 0 aliphatic carbocycles. The number of allylic oxidation sites excluding steroid dienone is 1. The van der Waals surface area contributed by atoms with Crippen molar-refractivity contribution in [3.8, 4) is 0 Å². The molecule has 2 N–H and O–H groups in total. The first-order chi connectivity index (χ1) is 10.3. The van der Waals surface area contributed by atoms with Crippen LogP contribution in [0.15, 0.2) is 12.7 Å². The fraction of sp³-hybridized carbons (Fsp3) is 0.895. The lowest BCUT2D eigenvalue weighted by molar-refractivity contribution is 0.438. The Hall–Kier alpha value is -0.340. The number of likely N-dealkylation sites (N-methyl/N-ethyl adjacent to an activating group) is 1. The molecule has 0 fully saturated rings. The van der Waals surface area contributed by atoms with E-state index in [1.54, 1.807) is 0 Å². The van der Waals surface area contributed by atoms with Gasteiger partial charge in [-0.1, -0.05) is 64.4 Å². The minimum atomic E-state index is 0.922. The summed E-state index contributed by atoms with van der Waals surface area (Å²) in [5.74, 6) is 0.922. The third-order valence-electron chi connectivity index (χ3n) is 4.21. The fourth-order valence-corrected chi connectivity index (χ4v) is 2.71. The summed E-state index contributed by atoms with van der Waals surface area (Å²) >= 11 is 0. The van der Waals surface area contributed by atoms with Crippen molar-refractivity contribution in [3.05, 3.63) is 12.7 Å². The summed E-state index contributed by atoms with van der Waals surface area (Å²) in [4.78, 5) is 0. The number of hydrogen-bond acceptors (Lipinski definition) is 2. The number of unbranched alkanes of at least 4 members (excludes halogenated alkanes) is 7. The highest BCUT2D eigenvalue weighted by molar-refractivity contribution is 4.66. The zero-order valence-corrected chi connectivity index (χ0v) is 14.8. The van der Waals surface area contributed by atoms with E-state index in [0.29, 0.717) is 0 Å². The molecule has 0 saturated heterocycles. The first kappa shape index (κ1) is 20.7. The average Bonchev–Trinajstić information content (AvgIpc) is 2.49. The highest BCUT2D eigenvalue weighted by Gasteiger charge is 2.01. The van der Waals surface area contributed by atoms with E-state index in [1.807, 2.05) is 13.1 Å². The molecule has 0 aliphatic rings. The molecule has 0 rings (SSSR count). The van der Waals surface area contributed by atoms with E-state index in [4.69, 9.17) is 0 Å². The van der Waals surface area contributed by atoms with Gasteiger partial charge in [0.05, 0.1) is 0 Å². The molecule has 0 radical (unpaired) electrons. The SMILES string of the molecule is C=CCCCCC(C)CCCCCCCCNCCNC. The van der Waals surface area contributed by atoms with Crippen molar-refractivity contribution in [1.29, 1.82) is 0 Å². The fourth-order valence-electron chi connectivity index (χ4n) is 2.71. The van der Waals surface area contributed by atoms with Gasteiger partial charge >= 0.3 is 0 Å². The molecule has 0 aromatic heterocycles. The summed E-state index contributed by atoms with van der Waals surface area (Å²) in [6.07, 6.45) is 17.2. The minimum absolute atomic E-state index is 0.922. The maximum Gasteiger partial charge on any atom is 0.00766 e. The van der Waals surface area contributed by atoms with Crippen LogP contribution in [0.2, 0.25) is 0 Å². The van der Waals surface area contributed by atoms with Crippen LogP contribution in [0, 0.1) is 5.92 Å². The van der Waals surface area contributed by atoms with E-state index in [1.165, 1.54) is 77.2 Å². The normalized spacial score (nSPS) is 12.5. The summed E-state index contributed by atoms with van der Waals surface area (Å²) in [5, 5.41) is 6.62. The minimum Gasteiger partial charge on any atom is -0.318 e. The van der Waals surface area contributed by atoms with Crippen LogP contribution >= 0.6 is 0 Å². The highest BCUT2D eigenvalue weighted by Crippen LogP contribution is 2.17. The number of rotatable bonds is 17. The molecule has 0 heterocycles. The van der Waals surface area contributed by atoms with Gasteiger partial charge in [-0.2, -0.15) is 0 Å². The Morgan fingerprint density at radius 2 is 1.43 bits per heavy atom. The first-order valence-electron chi connectivity index (χ1n) is 9.27. The second kappa shape index (κ2) is 17.7. The lowest BCUT2D eigenvalue weighted by Crippen LogP contribution is -2.25. The number of nitrogens with one attached hydrogen (secondary N) is 2. The van der Waals surface area contributed by atoms with Crippen molar-refractivity contribution < 1.29 is 0 Å². The van der Waals surface area contributed by atoms with Crippen LogP contribution in [0.3, 0.4) is 0 Å². The molecule has 2 nitrogen and oxygen atoms in total. The maximum atomic E-state index is 3.78. The van der Waals surface area contributed by atoms with E-state index >= 15 is 0 Å². The van der Waals surface area contributed by atoms with E-state index in [9.17, 15) is 0 Å². The summed E-state index contributed by atoms with van der Waals surface area (Å²) in [6, 6.07) is 0. The third kappa shape index (κ3) is 17.6. The molecule has 0 aliphatic heterocycles. The van der Waals surface area contributed by atoms with Crippen LogP contribution in [0.5, 0.6) is 0 Å². The van der Waals surface area contributed by atoms with Crippen LogP contribution in [0.25, 0.3) is 0 Å². The molecule has 0 bridgehead atoms. The van der Waals surface area contributed by atoms with E-state index < -0.39 is 0 Å². The summed E-state index contributed by atoms with van der Waals surface area (Å²) in [6.45, 7) is 9.56. The van der Waals surface area contributed by atoms with Crippen LogP contribution in [0.4, 0.5) is 0 Å². The van der Waals surface area contributed by atoms with Crippen LogP contribution in [-0.2, 0) is 0 Å². The Kier molecular flexibility index (Phi) is 17.4. The quantitative estimate of drug-likeness (QED) is 0.294. The Labute approximate surface area is 134 Å². The molecule has 1 unspecified atom stereocenters. The molecule has 1 atom stereocenters.